The maximum atomic E-state index is 12.2. The highest BCUT2D eigenvalue weighted by Crippen LogP contribution is 2.18. The molecule has 1 aromatic carbocycles. The van der Waals surface area contributed by atoms with E-state index in [0.717, 1.165) is 5.56 Å². The van der Waals surface area contributed by atoms with E-state index in [1.54, 1.807) is 36.5 Å². The smallest absolute Gasteiger partial charge is 0.380 e. The van der Waals surface area contributed by atoms with Crippen LogP contribution in [0.1, 0.15) is 32.8 Å². The van der Waals surface area contributed by atoms with Crippen molar-refractivity contribution in [1.29, 1.82) is 0 Å². The number of aryl methyl sites for hydroxylation is 1. The SMILES string of the molecule is CC(=O)Nc1ccc(CCC(C)(O)C(=O)Nc2ccccn2)cc1.CC(F)(F)F.[C-]#[N+]C. The molecule has 3 N–H and O–H groups in total. The third kappa shape index (κ3) is 14.5. The third-order valence-electron chi connectivity index (χ3n) is 3.57. The number of carbonyl (C=O) groups is 2. The maximum absolute atomic E-state index is 12.2. The van der Waals surface area contributed by atoms with Gasteiger partial charge in [0.15, 0.2) is 0 Å². The van der Waals surface area contributed by atoms with Crippen molar-refractivity contribution in [2.45, 2.75) is 45.4 Å². The fraction of sp³-hybridized carbons (Fsp3) is 0.364. The van der Waals surface area contributed by atoms with Gasteiger partial charge in [-0.05, 0) is 49.6 Å². The van der Waals surface area contributed by atoms with Gasteiger partial charge in [-0.15, -0.1) is 0 Å². The molecule has 7 nitrogen and oxygen atoms in total. The number of halogens is 3. The Kier molecular flexibility index (Phi) is 12.3. The van der Waals surface area contributed by atoms with E-state index >= 15 is 0 Å². The molecule has 0 aliphatic carbocycles. The molecular formula is C22H27F3N4O3. The fourth-order valence-electron chi connectivity index (χ4n) is 2.15. The van der Waals surface area contributed by atoms with Gasteiger partial charge in [-0.3, -0.25) is 9.59 Å². The highest BCUT2D eigenvalue weighted by Gasteiger charge is 2.30. The second-order valence-corrected chi connectivity index (χ2v) is 6.83. The first-order chi connectivity index (χ1) is 14.8. The Labute approximate surface area is 185 Å². The number of benzene rings is 1. The van der Waals surface area contributed by atoms with Crippen molar-refractivity contribution in [2.75, 3.05) is 17.7 Å². The quantitative estimate of drug-likeness (QED) is 0.564. The molecule has 2 aromatic rings. The minimum Gasteiger partial charge on any atom is -0.380 e. The van der Waals surface area contributed by atoms with E-state index in [-0.39, 0.29) is 19.3 Å². The molecule has 0 aliphatic rings. The van der Waals surface area contributed by atoms with Crippen LogP contribution in [0.3, 0.4) is 0 Å². The van der Waals surface area contributed by atoms with Gasteiger partial charge in [0, 0.05) is 25.7 Å². The third-order valence-corrected chi connectivity index (χ3v) is 3.57. The average molecular weight is 452 g/mol. The minimum absolute atomic E-state index is 0.128. The van der Waals surface area contributed by atoms with Crippen molar-refractivity contribution in [2.24, 2.45) is 0 Å². The lowest BCUT2D eigenvalue weighted by atomic mass is 9.96. The van der Waals surface area contributed by atoms with Gasteiger partial charge < -0.3 is 20.6 Å². The lowest BCUT2D eigenvalue weighted by Crippen LogP contribution is -2.40. The molecule has 1 atom stereocenters. The molecular weight excluding hydrogens is 425 g/mol. The molecule has 0 saturated heterocycles. The molecule has 0 radical (unpaired) electrons. The van der Waals surface area contributed by atoms with Crippen molar-refractivity contribution in [3.63, 3.8) is 0 Å². The van der Waals surface area contributed by atoms with Gasteiger partial charge in [0.25, 0.3) is 5.91 Å². The number of nitrogens with one attached hydrogen (secondary N) is 2. The van der Waals surface area contributed by atoms with E-state index < -0.39 is 17.7 Å². The summed E-state index contributed by atoms with van der Waals surface area (Å²) in [5.41, 5.74) is 0.175. The van der Waals surface area contributed by atoms with Crippen molar-refractivity contribution >= 4 is 23.3 Å². The number of hydrogen-bond donors (Lipinski definition) is 3. The van der Waals surface area contributed by atoms with E-state index in [4.69, 9.17) is 6.57 Å². The first kappa shape index (κ1) is 28.5. The molecule has 0 bridgehead atoms. The largest absolute Gasteiger partial charge is 0.386 e. The number of hydrogen-bond acceptors (Lipinski definition) is 4. The number of carbonyl (C=O) groups excluding carboxylic acids is 2. The van der Waals surface area contributed by atoms with Gasteiger partial charge in [0.1, 0.15) is 11.4 Å². The number of pyridine rings is 1. The van der Waals surface area contributed by atoms with Crippen LogP contribution in [-0.4, -0.2) is 40.7 Å². The van der Waals surface area contributed by atoms with Crippen molar-refractivity contribution < 1.29 is 27.9 Å². The fourth-order valence-corrected chi connectivity index (χ4v) is 2.15. The standard InChI is InChI=1S/C18H21N3O3.C2H3F3.C2H3N/c1-13(22)20-15-8-6-14(7-9-15)10-11-18(2,24)17(23)21-16-5-3-4-12-19-16;1-2(3,4)5;1-3-2/h3-9,12,24H,10-11H2,1-2H3,(H,20,22)(H,19,21,23);1H3;1H3. The van der Waals surface area contributed by atoms with Crippen molar-refractivity contribution in [1.82, 2.24) is 4.98 Å². The summed E-state index contributed by atoms with van der Waals surface area (Å²) < 4.78 is 31.1. The highest BCUT2D eigenvalue weighted by molar-refractivity contribution is 5.96. The van der Waals surface area contributed by atoms with Gasteiger partial charge >= 0.3 is 6.18 Å². The molecule has 0 aliphatic heterocycles. The number of amides is 2. The maximum Gasteiger partial charge on any atom is 0.386 e. The number of alkyl halides is 3. The summed E-state index contributed by atoms with van der Waals surface area (Å²) in [6, 6.07) is 12.5. The lowest BCUT2D eigenvalue weighted by molar-refractivity contribution is -0.133. The van der Waals surface area contributed by atoms with E-state index in [2.05, 4.69) is 20.5 Å². The van der Waals surface area contributed by atoms with Crippen LogP contribution in [0.2, 0.25) is 0 Å². The summed E-state index contributed by atoms with van der Waals surface area (Å²) in [5.74, 6) is -0.213. The van der Waals surface area contributed by atoms with Crippen LogP contribution in [-0.2, 0) is 16.0 Å². The van der Waals surface area contributed by atoms with E-state index in [1.807, 2.05) is 12.1 Å². The van der Waals surface area contributed by atoms with Gasteiger partial charge in [-0.25, -0.2) is 11.6 Å². The number of anilines is 2. The zero-order valence-electron chi connectivity index (χ0n) is 18.3. The first-order valence-electron chi connectivity index (χ1n) is 9.42. The predicted octanol–water partition coefficient (Wildman–Crippen LogP) is 4.47. The Morgan fingerprint density at radius 1 is 1.09 bits per heavy atom. The zero-order chi connectivity index (χ0) is 24.8. The Morgan fingerprint density at radius 3 is 2.06 bits per heavy atom. The average Bonchev–Trinajstić information content (AvgIpc) is 2.67. The summed E-state index contributed by atoms with van der Waals surface area (Å²) in [7, 11) is 1.42. The molecule has 2 amide bonds. The molecule has 1 aromatic heterocycles. The second kappa shape index (κ2) is 13.8. The van der Waals surface area contributed by atoms with Gasteiger partial charge in [-0.1, -0.05) is 18.2 Å². The van der Waals surface area contributed by atoms with Crippen LogP contribution in [0.5, 0.6) is 0 Å². The van der Waals surface area contributed by atoms with Gasteiger partial charge in [-0.2, -0.15) is 13.2 Å². The number of aliphatic hydroxyl groups is 1. The molecule has 0 fully saturated rings. The van der Waals surface area contributed by atoms with E-state index in [0.29, 0.717) is 17.9 Å². The van der Waals surface area contributed by atoms with Crippen LogP contribution in [0.15, 0.2) is 48.7 Å². The van der Waals surface area contributed by atoms with Crippen LogP contribution >= 0.6 is 0 Å². The first-order valence-corrected chi connectivity index (χ1v) is 9.42. The van der Waals surface area contributed by atoms with Crippen molar-refractivity contribution in [3.05, 3.63) is 65.6 Å². The summed E-state index contributed by atoms with van der Waals surface area (Å²) in [6.45, 7) is 8.95. The number of nitrogens with zero attached hydrogens (tertiary/aromatic N) is 2. The molecule has 0 saturated carbocycles. The predicted molar refractivity (Wildman–Crippen MR) is 117 cm³/mol. The molecule has 2 rings (SSSR count). The lowest BCUT2D eigenvalue weighted by Gasteiger charge is -2.22. The molecule has 10 heteroatoms. The molecule has 174 valence electrons. The topological polar surface area (TPSA) is 95.7 Å². The Balaban J connectivity index is 0.00000104. The second-order valence-electron chi connectivity index (χ2n) is 6.83. The highest BCUT2D eigenvalue weighted by atomic mass is 19.4. The van der Waals surface area contributed by atoms with Crippen LogP contribution in [0.25, 0.3) is 4.85 Å². The monoisotopic (exact) mass is 452 g/mol. The van der Waals surface area contributed by atoms with Crippen LogP contribution in [0, 0.1) is 6.57 Å². The molecule has 0 spiro atoms. The van der Waals surface area contributed by atoms with Crippen molar-refractivity contribution in [3.8, 4) is 0 Å². The normalized spacial score (nSPS) is 11.8. The minimum atomic E-state index is -4.00. The molecule has 1 unspecified atom stereocenters. The van der Waals surface area contributed by atoms with Gasteiger partial charge in [0.05, 0.1) is 0 Å². The van der Waals surface area contributed by atoms with E-state index in [9.17, 15) is 27.9 Å². The number of aromatic nitrogens is 1. The van der Waals surface area contributed by atoms with Crippen LogP contribution < -0.4 is 10.6 Å². The zero-order valence-corrected chi connectivity index (χ0v) is 18.3. The number of rotatable bonds is 6. The van der Waals surface area contributed by atoms with E-state index in [1.165, 1.54) is 20.9 Å². The summed E-state index contributed by atoms with van der Waals surface area (Å²) >= 11 is 0. The van der Waals surface area contributed by atoms with Gasteiger partial charge in [0.2, 0.25) is 13.0 Å². The van der Waals surface area contributed by atoms with Crippen LogP contribution in [0.4, 0.5) is 24.7 Å². The summed E-state index contributed by atoms with van der Waals surface area (Å²) in [4.78, 5) is 29.9. The Hall–Kier alpha value is -3.45. The summed E-state index contributed by atoms with van der Waals surface area (Å²) in [5, 5.41) is 15.7. The Morgan fingerprint density at radius 2 is 1.62 bits per heavy atom. The molecule has 32 heavy (non-hydrogen) atoms. The summed E-state index contributed by atoms with van der Waals surface area (Å²) in [6.07, 6.45) is -1.63. The Bertz CT molecular complexity index is 872. The molecule has 1 heterocycles.